The van der Waals surface area contributed by atoms with Crippen LogP contribution in [0.5, 0.6) is 0 Å². The summed E-state index contributed by atoms with van der Waals surface area (Å²) in [5, 5.41) is 6.43. The highest BCUT2D eigenvalue weighted by molar-refractivity contribution is 5.94. The largest absolute Gasteiger partial charge is 0.367 e. The molecule has 1 aliphatic carbocycles. The molecule has 1 saturated carbocycles. The number of nitrogens with one attached hydrogen (secondary N) is 2. The first-order valence-corrected chi connectivity index (χ1v) is 9.97. The van der Waals surface area contributed by atoms with Crippen molar-refractivity contribution in [3.8, 4) is 0 Å². The predicted molar refractivity (Wildman–Crippen MR) is 108 cm³/mol. The molecular weight excluding hydrogens is 412 g/mol. The zero-order valence-electron chi connectivity index (χ0n) is 16.4. The number of fused-ring (bicyclic) bond motifs is 1. The quantitative estimate of drug-likeness (QED) is 0.557. The van der Waals surface area contributed by atoms with Crippen molar-refractivity contribution in [3.63, 3.8) is 0 Å². The highest BCUT2D eigenvalue weighted by Gasteiger charge is 2.24. The predicted octanol–water partition coefficient (Wildman–Crippen LogP) is 5.00. The summed E-state index contributed by atoms with van der Waals surface area (Å²) < 4.78 is 53.1. The van der Waals surface area contributed by atoms with Crippen LogP contribution >= 0.6 is 0 Å². The van der Waals surface area contributed by atoms with Gasteiger partial charge in [0.25, 0.3) is 12.3 Å². The third-order valence-electron chi connectivity index (χ3n) is 5.38. The van der Waals surface area contributed by atoms with E-state index >= 15 is 0 Å². The van der Waals surface area contributed by atoms with Gasteiger partial charge in [-0.15, -0.1) is 0 Å². The maximum absolute atomic E-state index is 13.7. The number of rotatable bonds is 5. The molecule has 9 heteroatoms. The monoisotopic (exact) mass is 432 g/mol. The number of carbonyl (C=O) groups is 1. The van der Waals surface area contributed by atoms with Crippen LogP contribution in [0.1, 0.15) is 48.3 Å². The van der Waals surface area contributed by atoms with Gasteiger partial charge >= 0.3 is 0 Å². The van der Waals surface area contributed by atoms with Gasteiger partial charge < -0.3 is 10.6 Å². The summed E-state index contributed by atoms with van der Waals surface area (Å²) in [4.78, 5) is 20.0. The Bertz CT molecular complexity index is 1080. The van der Waals surface area contributed by atoms with E-state index in [1.807, 2.05) is 0 Å². The second-order valence-corrected chi connectivity index (χ2v) is 7.57. The Labute approximate surface area is 175 Å². The molecule has 1 aromatic heterocycles. The molecule has 0 spiro atoms. The number of nitrogens with zero attached hydrogens (tertiary/aromatic N) is 2. The summed E-state index contributed by atoms with van der Waals surface area (Å²) in [7, 11) is 0. The Morgan fingerprint density at radius 1 is 0.903 bits per heavy atom. The minimum Gasteiger partial charge on any atom is -0.367 e. The number of aromatic nitrogens is 2. The Hall–Kier alpha value is -3.23. The molecule has 0 unspecified atom stereocenters. The lowest BCUT2D eigenvalue weighted by molar-refractivity contribution is 0.0926. The van der Waals surface area contributed by atoms with Crippen molar-refractivity contribution in [1.29, 1.82) is 0 Å². The molecule has 4 rings (SSSR count). The first-order chi connectivity index (χ1) is 14.9. The van der Waals surface area contributed by atoms with Gasteiger partial charge in [-0.25, -0.2) is 27.5 Å². The molecule has 162 valence electrons. The maximum atomic E-state index is 13.7. The van der Waals surface area contributed by atoms with E-state index in [1.54, 1.807) is 0 Å². The number of halogens is 4. The molecule has 0 radical (unpaired) electrons. The number of benzene rings is 2. The number of amides is 1. The minimum absolute atomic E-state index is 0.0492. The second-order valence-electron chi connectivity index (χ2n) is 7.57. The smallest absolute Gasteiger partial charge is 0.297 e. The van der Waals surface area contributed by atoms with Gasteiger partial charge in [-0.3, -0.25) is 4.79 Å². The van der Waals surface area contributed by atoms with E-state index in [4.69, 9.17) is 0 Å². The third kappa shape index (κ3) is 4.92. The Kier molecular flexibility index (Phi) is 6.01. The third-order valence-corrected chi connectivity index (χ3v) is 5.38. The van der Waals surface area contributed by atoms with Crippen LogP contribution in [0, 0.1) is 11.6 Å². The highest BCUT2D eigenvalue weighted by atomic mass is 19.3. The van der Waals surface area contributed by atoms with Gasteiger partial charge in [0.05, 0.1) is 5.52 Å². The van der Waals surface area contributed by atoms with Gasteiger partial charge in [0.2, 0.25) is 0 Å². The first-order valence-electron chi connectivity index (χ1n) is 9.97. The van der Waals surface area contributed by atoms with Crippen molar-refractivity contribution >= 4 is 22.6 Å². The van der Waals surface area contributed by atoms with Crippen LogP contribution in [0.2, 0.25) is 0 Å². The van der Waals surface area contributed by atoms with Crippen LogP contribution in [0.4, 0.5) is 23.4 Å². The van der Waals surface area contributed by atoms with Crippen LogP contribution < -0.4 is 10.6 Å². The Balaban J connectivity index is 1.42. The van der Waals surface area contributed by atoms with Crippen LogP contribution in [-0.4, -0.2) is 28.0 Å². The van der Waals surface area contributed by atoms with E-state index in [-0.39, 0.29) is 29.3 Å². The molecule has 2 N–H and O–H groups in total. The zero-order chi connectivity index (χ0) is 22.0. The molecule has 1 amide bonds. The van der Waals surface area contributed by atoms with E-state index in [2.05, 4.69) is 20.6 Å². The first kappa shape index (κ1) is 21.0. The molecule has 31 heavy (non-hydrogen) atoms. The van der Waals surface area contributed by atoms with Crippen LogP contribution in [0.3, 0.4) is 0 Å². The summed E-state index contributed by atoms with van der Waals surface area (Å²) >= 11 is 0. The van der Waals surface area contributed by atoms with Crippen molar-refractivity contribution in [2.24, 2.45) is 0 Å². The lowest BCUT2D eigenvalue weighted by Crippen LogP contribution is -2.40. The molecule has 0 atom stereocenters. The maximum Gasteiger partial charge on any atom is 0.297 e. The molecule has 1 heterocycles. The normalized spacial score (nSPS) is 18.9. The summed E-state index contributed by atoms with van der Waals surface area (Å²) in [5.41, 5.74) is 0.630. The van der Waals surface area contributed by atoms with E-state index in [9.17, 15) is 22.4 Å². The molecule has 0 saturated heterocycles. The number of anilines is 1. The van der Waals surface area contributed by atoms with E-state index in [1.165, 1.54) is 42.5 Å². The zero-order valence-corrected chi connectivity index (χ0v) is 16.4. The van der Waals surface area contributed by atoms with Gasteiger partial charge in [-0.1, -0.05) is 0 Å². The molecule has 3 aromatic rings. The molecular formula is C22H20F4N4O. The summed E-state index contributed by atoms with van der Waals surface area (Å²) in [6.07, 6.45) is -0.168. The molecule has 1 aliphatic rings. The number of carbonyl (C=O) groups excluding carboxylic acids is 1. The molecule has 2 aromatic carbocycles. The van der Waals surface area contributed by atoms with Crippen molar-refractivity contribution in [1.82, 2.24) is 15.3 Å². The van der Waals surface area contributed by atoms with Gasteiger partial charge in [-0.05, 0) is 68.1 Å². The van der Waals surface area contributed by atoms with Crippen molar-refractivity contribution < 1.29 is 22.4 Å². The minimum atomic E-state index is -2.84. The average Bonchev–Trinajstić information content (AvgIpc) is 2.75. The van der Waals surface area contributed by atoms with E-state index < -0.39 is 23.9 Å². The van der Waals surface area contributed by atoms with Crippen LogP contribution in [-0.2, 0) is 0 Å². The Morgan fingerprint density at radius 3 is 2.23 bits per heavy atom. The van der Waals surface area contributed by atoms with E-state index in [0.717, 1.165) is 0 Å². The number of hydrogen-bond donors (Lipinski definition) is 2. The van der Waals surface area contributed by atoms with Crippen molar-refractivity contribution in [3.05, 3.63) is 65.5 Å². The number of hydrogen-bond acceptors (Lipinski definition) is 4. The van der Waals surface area contributed by atoms with Crippen LogP contribution in [0.25, 0.3) is 10.9 Å². The van der Waals surface area contributed by atoms with Crippen molar-refractivity contribution in [2.45, 2.75) is 44.2 Å². The molecule has 0 bridgehead atoms. The standard InChI is InChI=1S/C22H20F4N4O/c23-13-3-1-12(2-4-13)22(31)28-16-8-6-15(7-9-16)27-20-17-11-14(24)5-10-18(17)29-21(30-20)19(25)26/h1-5,10-11,15-16,19H,6-9H2,(H,28,31)(H,27,29,30)/t15-,16+. The van der Waals surface area contributed by atoms with Gasteiger partial charge in [-0.2, -0.15) is 0 Å². The van der Waals surface area contributed by atoms with Gasteiger partial charge in [0, 0.05) is 23.0 Å². The number of alkyl halides is 2. The SMILES string of the molecule is O=C(N[C@H]1CC[C@@H](Nc2nc(C(F)F)nc3ccc(F)cc23)CC1)c1ccc(F)cc1. The summed E-state index contributed by atoms with van der Waals surface area (Å²) in [5.74, 6) is -1.61. The van der Waals surface area contributed by atoms with E-state index in [0.29, 0.717) is 36.6 Å². The fourth-order valence-electron chi connectivity index (χ4n) is 3.77. The lowest BCUT2D eigenvalue weighted by Gasteiger charge is -2.30. The average molecular weight is 432 g/mol. The molecule has 5 nitrogen and oxygen atoms in total. The fraction of sp³-hybridized carbons (Fsp3) is 0.318. The second kappa shape index (κ2) is 8.87. The Morgan fingerprint density at radius 2 is 1.55 bits per heavy atom. The highest BCUT2D eigenvalue weighted by Crippen LogP contribution is 2.28. The lowest BCUT2D eigenvalue weighted by atomic mass is 9.91. The summed E-state index contributed by atoms with van der Waals surface area (Å²) in [6, 6.07) is 8.96. The van der Waals surface area contributed by atoms with Gasteiger partial charge in [0.15, 0.2) is 5.82 Å². The molecule has 1 fully saturated rings. The van der Waals surface area contributed by atoms with Crippen LogP contribution in [0.15, 0.2) is 42.5 Å². The van der Waals surface area contributed by atoms with Crippen molar-refractivity contribution in [2.75, 3.05) is 5.32 Å². The fourth-order valence-corrected chi connectivity index (χ4v) is 3.77. The summed E-state index contributed by atoms with van der Waals surface area (Å²) in [6.45, 7) is 0. The van der Waals surface area contributed by atoms with Gasteiger partial charge in [0.1, 0.15) is 17.5 Å². The topological polar surface area (TPSA) is 66.9 Å². The molecule has 0 aliphatic heterocycles.